The Labute approximate surface area is 139 Å². The molecule has 126 valence electrons. The monoisotopic (exact) mass is 316 g/mol. The molecule has 2 rings (SSSR count). The van der Waals surface area contributed by atoms with Gasteiger partial charge in [0.1, 0.15) is 0 Å². The molecule has 3 N–H and O–H groups in total. The second kappa shape index (κ2) is 9.18. The van der Waals surface area contributed by atoms with Crippen LogP contribution in [0.5, 0.6) is 0 Å². The first kappa shape index (κ1) is 17.3. The van der Waals surface area contributed by atoms with E-state index < -0.39 is 0 Å². The van der Waals surface area contributed by atoms with Crippen molar-refractivity contribution >= 4 is 11.9 Å². The molecule has 0 aromatic heterocycles. The van der Waals surface area contributed by atoms with Crippen molar-refractivity contribution in [1.82, 2.24) is 16.0 Å². The van der Waals surface area contributed by atoms with Crippen LogP contribution in [0.1, 0.15) is 43.7 Å². The number of benzene rings is 1. The molecule has 0 aliphatic heterocycles. The lowest BCUT2D eigenvalue weighted by Gasteiger charge is -2.11. The Balaban J connectivity index is 1.70. The third-order valence-electron chi connectivity index (χ3n) is 3.70. The number of nitrogens with zero attached hydrogens (tertiary/aromatic N) is 1. The zero-order valence-corrected chi connectivity index (χ0v) is 14.2. The quantitative estimate of drug-likeness (QED) is 0.391. The van der Waals surface area contributed by atoms with Gasteiger partial charge in [0.25, 0.3) is 0 Å². The number of nitrogens with one attached hydrogen (secondary N) is 3. The number of amides is 1. The maximum atomic E-state index is 11.6. The molecule has 0 atom stereocenters. The van der Waals surface area contributed by atoms with E-state index in [9.17, 15) is 4.79 Å². The Morgan fingerprint density at radius 2 is 1.96 bits per heavy atom. The summed E-state index contributed by atoms with van der Waals surface area (Å²) in [6.07, 6.45) is 3.66. The average molecular weight is 316 g/mol. The molecular formula is C18H28N4O. The van der Waals surface area contributed by atoms with Crippen LogP contribution in [0, 0.1) is 6.92 Å². The molecule has 1 amide bonds. The van der Waals surface area contributed by atoms with Crippen LogP contribution in [-0.4, -0.2) is 31.0 Å². The lowest BCUT2D eigenvalue weighted by molar-refractivity contribution is -0.121. The number of carbonyl (C=O) groups is 1. The highest BCUT2D eigenvalue weighted by Crippen LogP contribution is 2.18. The van der Waals surface area contributed by atoms with Gasteiger partial charge in [-0.25, -0.2) is 4.99 Å². The predicted octanol–water partition coefficient (Wildman–Crippen LogP) is 2.11. The van der Waals surface area contributed by atoms with E-state index in [0.717, 1.165) is 38.3 Å². The summed E-state index contributed by atoms with van der Waals surface area (Å²) in [5.74, 6) is 0.964. The van der Waals surface area contributed by atoms with Gasteiger partial charge in [0, 0.05) is 25.6 Å². The first-order valence-corrected chi connectivity index (χ1v) is 8.54. The van der Waals surface area contributed by atoms with Crippen LogP contribution < -0.4 is 16.0 Å². The smallest absolute Gasteiger partial charge is 0.220 e. The minimum Gasteiger partial charge on any atom is -0.357 e. The van der Waals surface area contributed by atoms with E-state index in [1.807, 2.05) is 6.92 Å². The zero-order valence-electron chi connectivity index (χ0n) is 14.2. The van der Waals surface area contributed by atoms with Crippen LogP contribution >= 0.6 is 0 Å². The van der Waals surface area contributed by atoms with Crippen LogP contribution in [0.3, 0.4) is 0 Å². The predicted molar refractivity (Wildman–Crippen MR) is 94.4 cm³/mol. The van der Waals surface area contributed by atoms with Gasteiger partial charge in [-0.1, -0.05) is 29.8 Å². The van der Waals surface area contributed by atoms with Gasteiger partial charge >= 0.3 is 0 Å². The van der Waals surface area contributed by atoms with Crippen LogP contribution in [0.4, 0.5) is 0 Å². The number of aliphatic imine (C=N–C) groups is 1. The van der Waals surface area contributed by atoms with Gasteiger partial charge in [-0.3, -0.25) is 4.79 Å². The first-order chi connectivity index (χ1) is 11.2. The van der Waals surface area contributed by atoms with Crippen molar-refractivity contribution in [3.05, 3.63) is 35.4 Å². The molecule has 5 nitrogen and oxygen atoms in total. The summed E-state index contributed by atoms with van der Waals surface area (Å²) in [6.45, 7) is 6.35. The number of hydrogen-bond donors (Lipinski definition) is 3. The summed E-state index contributed by atoms with van der Waals surface area (Å²) >= 11 is 0. The van der Waals surface area contributed by atoms with E-state index in [-0.39, 0.29) is 5.91 Å². The first-order valence-electron chi connectivity index (χ1n) is 8.54. The van der Waals surface area contributed by atoms with Crippen LogP contribution in [-0.2, 0) is 11.3 Å². The van der Waals surface area contributed by atoms with Gasteiger partial charge in [0.15, 0.2) is 5.96 Å². The molecule has 5 heteroatoms. The van der Waals surface area contributed by atoms with Crippen LogP contribution in [0.2, 0.25) is 0 Å². The normalized spacial score (nSPS) is 14.4. The number of carbonyl (C=O) groups excluding carboxylic acids is 1. The second-order valence-corrected chi connectivity index (χ2v) is 6.05. The van der Waals surface area contributed by atoms with Crippen molar-refractivity contribution < 1.29 is 4.79 Å². The molecular weight excluding hydrogens is 288 g/mol. The zero-order chi connectivity index (χ0) is 16.5. The fourth-order valence-electron chi connectivity index (χ4n) is 2.19. The number of rotatable bonds is 8. The molecule has 0 saturated heterocycles. The summed E-state index contributed by atoms with van der Waals surface area (Å²) in [5.41, 5.74) is 2.45. The van der Waals surface area contributed by atoms with Crippen molar-refractivity contribution in [2.45, 2.75) is 52.1 Å². The van der Waals surface area contributed by atoms with Crippen molar-refractivity contribution in [1.29, 1.82) is 0 Å². The van der Waals surface area contributed by atoms with Gasteiger partial charge in [0.2, 0.25) is 5.91 Å². The number of guanidine groups is 1. The molecule has 23 heavy (non-hydrogen) atoms. The highest BCUT2D eigenvalue weighted by Gasteiger charge is 2.22. The summed E-state index contributed by atoms with van der Waals surface area (Å²) < 4.78 is 0. The molecule has 1 aromatic carbocycles. The average Bonchev–Trinajstić information content (AvgIpc) is 3.34. The van der Waals surface area contributed by atoms with Crippen molar-refractivity contribution in [2.24, 2.45) is 4.99 Å². The Morgan fingerprint density at radius 1 is 1.22 bits per heavy atom. The largest absolute Gasteiger partial charge is 0.357 e. The highest BCUT2D eigenvalue weighted by molar-refractivity contribution is 5.80. The van der Waals surface area contributed by atoms with Gasteiger partial charge in [-0.15, -0.1) is 0 Å². The molecule has 0 unspecified atom stereocenters. The van der Waals surface area contributed by atoms with Crippen LogP contribution in [0.15, 0.2) is 29.3 Å². The molecule has 1 aliphatic carbocycles. The van der Waals surface area contributed by atoms with Gasteiger partial charge in [-0.05, 0) is 38.7 Å². The van der Waals surface area contributed by atoms with E-state index in [1.54, 1.807) is 0 Å². The van der Waals surface area contributed by atoms with Crippen LogP contribution in [0.25, 0.3) is 0 Å². The topological polar surface area (TPSA) is 65.5 Å². The molecule has 0 spiro atoms. The SMILES string of the molecule is CCNC(=NCc1ccc(C)cc1)NCCCC(=O)NC1CC1. The fraction of sp³-hybridized carbons (Fsp3) is 0.556. The number of aryl methyl sites for hydroxylation is 1. The summed E-state index contributed by atoms with van der Waals surface area (Å²) in [4.78, 5) is 16.2. The molecule has 1 fully saturated rings. The minimum atomic E-state index is 0.163. The van der Waals surface area contributed by atoms with E-state index in [0.29, 0.717) is 19.0 Å². The Kier molecular flexibility index (Phi) is 6.91. The Bertz CT molecular complexity index is 520. The maximum absolute atomic E-state index is 11.6. The summed E-state index contributed by atoms with van der Waals surface area (Å²) in [7, 11) is 0. The maximum Gasteiger partial charge on any atom is 0.220 e. The molecule has 1 aliphatic rings. The van der Waals surface area contributed by atoms with E-state index in [1.165, 1.54) is 11.1 Å². The third kappa shape index (κ3) is 7.17. The molecule has 0 bridgehead atoms. The van der Waals surface area contributed by atoms with Crippen molar-refractivity contribution in [3.63, 3.8) is 0 Å². The number of hydrogen-bond acceptors (Lipinski definition) is 2. The standard InChI is InChI=1S/C18H28N4O/c1-3-19-18(21-13-15-8-6-14(2)7-9-15)20-12-4-5-17(23)22-16-10-11-16/h6-9,16H,3-5,10-13H2,1-2H3,(H,22,23)(H2,19,20,21). The highest BCUT2D eigenvalue weighted by atomic mass is 16.1. The molecule has 1 aromatic rings. The molecule has 0 radical (unpaired) electrons. The van der Waals surface area contributed by atoms with Crippen molar-refractivity contribution in [2.75, 3.05) is 13.1 Å². The van der Waals surface area contributed by atoms with Gasteiger partial charge < -0.3 is 16.0 Å². The summed E-state index contributed by atoms with van der Waals surface area (Å²) in [6, 6.07) is 8.85. The van der Waals surface area contributed by atoms with Gasteiger partial charge in [-0.2, -0.15) is 0 Å². The second-order valence-electron chi connectivity index (χ2n) is 6.05. The van der Waals surface area contributed by atoms with Gasteiger partial charge in [0.05, 0.1) is 6.54 Å². The van der Waals surface area contributed by atoms with E-state index >= 15 is 0 Å². The summed E-state index contributed by atoms with van der Waals surface area (Å²) in [5, 5.41) is 9.52. The van der Waals surface area contributed by atoms with E-state index in [4.69, 9.17) is 0 Å². The lowest BCUT2D eigenvalue weighted by atomic mass is 10.1. The Morgan fingerprint density at radius 3 is 2.61 bits per heavy atom. The van der Waals surface area contributed by atoms with Crippen molar-refractivity contribution in [3.8, 4) is 0 Å². The Hall–Kier alpha value is -2.04. The lowest BCUT2D eigenvalue weighted by Crippen LogP contribution is -2.38. The minimum absolute atomic E-state index is 0.163. The third-order valence-corrected chi connectivity index (χ3v) is 3.70. The molecule has 0 heterocycles. The fourth-order valence-corrected chi connectivity index (χ4v) is 2.19. The van der Waals surface area contributed by atoms with E-state index in [2.05, 4.69) is 52.1 Å². The molecule has 1 saturated carbocycles.